The van der Waals surface area contributed by atoms with Crippen LogP contribution in [0.3, 0.4) is 0 Å². The summed E-state index contributed by atoms with van der Waals surface area (Å²) in [6.07, 6.45) is 1.58. The van der Waals surface area contributed by atoms with Crippen LogP contribution >= 0.6 is 0 Å². The van der Waals surface area contributed by atoms with Gasteiger partial charge < -0.3 is 14.2 Å². The van der Waals surface area contributed by atoms with Crippen LogP contribution < -0.4 is 0 Å². The van der Waals surface area contributed by atoms with E-state index in [9.17, 15) is 9.59 Å². The van der Waals surface area contributed by atoms with E-state index >= 15 is 0 Å². The van der Waals surface area contributed by atoms with E-state index in [0.29, 0.717) is 0 Å². The molecule has 0 heterocycles. The van der Waals surface area contributed by atoms with Gasteiger partial charge in [0.15, 0.2) is 0 Å². The molecule has 0 spiro atoms. The maximum Gasteiger partial charge on any atom is 0.376 e. The lowest BCUT2D eigenvalue weighted by molar-refractivity contribution is -0.340. The largest absolute Gasteiger partial charge is 0.394 e. The second-order valence-corrected chi connectivity index (χ2v) is 3.98. The van der Waals surface area contributed by atoms with Crippen molar-refractivity contribution in [1.82, 2.24) is 0 Å². The van der Waals surface area contributed by atoms with E-state index in [1.165, 1.54) is 19.9 Å². The Morgan fingerprint density at radius 3 is 1.79 bits per heavy atom. The zero-order chi connectivity index (χ0) is 15.1. The number of ether oxygens (including phenoxy) is 3. The van der Waals surface area contributed by atoms with E-state index < -0.39 is 17.9 Å². The molecule has 0 aromatic carbocycles. The van der Waals surface area contributed by atoms with Gasteiger partial charge in [0.25, 0.3) is 0 Å². The molecule has 5 heteroatoms. The van der Waals surface area contributed by atoms with Crippen LogP contribution in [0.1, 0.15) is 27.2 Å². The van der Waals surface area contributed by atoms with Gasteiger partial charge in [-0.3, -0.25) is 0 Å². The predicted octanol–water partition coefficient (Wildman–Crippen LogP) is 2.49. The fourth-order valence-electron chi connectivity index (χ4n) is 0.969. The quantitative estimate of drug-likeness (QED) is 0.293. The minimum Gasteiger partial charge on any atom is -0.394 e. The minimum absolute atomic E-state index is 0.0563. The van der Waals surface area contributed by atoms with Crippen LogP contribution in [0, 0.1) is 0 Å². The Morgan fingerprint density at radius 1 is 1.11 bits per heavy atom. The van der Waals surface area contributed by atoms with Crippen molar-refractivity contribution in [1.29, 1.82) is 0 Å². The molecule has 0 N–H and O–H groups in total. The highest BCUT2D eigenvalue weighted by Gasteiger charge is 2.38. The summed E-state index contributed by atoms with van der Waals surface area (Å²) in [7, 11) is 0. The summed E-state index contributed by atoms with van der Waals surface area (Å²) in [5.74, 6) is -3.21. The molecule has 0 aromatic rings. The van der Waals surface area contributed by atoms with E-state index in [2.05, 4.69) is 19.7 Å². The SMILES string of the molecule is C=CCOC(CC)(OC(=O)C(=C)C)OC(=O)C(=C)C. The summed E-state index contributed by atoms with van der Waals surface area (Å²) in [6.45, 7) is 15.1. The lowest BCUT2D eigenvalue weighted by atomic mass is 10.3. The molecule has 0 amide bonds. The average molecular weight is 268 g/mol. The van der Waals surface area contributed by atoms with Gasteiger partial charge in [0, 0.05) is 11.1 Å². The summed E-state index contributed by atoms with van der Waals surface area (Å²) in [6, 6.07) is 0. The first-order valence-electron chi connectivity index (χ1n) is 5.80. The van der Waals surface area contributed by atoms with Crippen LogP contribution in [-0.4, -0.2) is 24.5 Å². The van der Waals surface area contributed by atoms with Crippen LogP contribution in [0.5, 0.6) is 0 Å². The molecule has 0 fully saturated rings. The summed E-state index contributed by atoms with van der Waals surface area (Å²) in [5.41, 5.74) is 0.345. The molecular weight excluding hydrogens is 248 g/mol. The van der Waals surface area contributed by atoms with E-state index in [0.717, 1.165) is 0 Å². The number of carbonyl (C=O) groups is 2. The first kappa shape index (κ1) is 17.1. The first-order chi connectivity index (χ1) is 8.78. The van der Waals surface area contributed by atoms with Crippen molar-refractivity contribution in [3.8, 4) is 0 Å². The number of esters is 2. The molecule has 19 heavy (non-hydrogen) atoms. The maximum atomic E-state index is 11.6. The summed E-state index contributed by atoms with van der Waals surface area (Å²) in [5, 5.41) is 0. The molecule has 0 radical (unpaired) electrons. The Kier molecular flexibility index (Phi) is 6.79. The fourth-order valence-corrected chi connectivity index (χ4v) is 0.969. The van der Waals surface area contributed by atoms with E-state index in [-0.39, 0.29) is 24.2 Å². The summed E-state index contributed by atoms with van der Waals surface area (Å²) >= 11 is 0. The minimum atomic E-state index is -1.79. The molecule has 0 saturated heterocycles. The third-order valence-corrected chi connectivity index (χ3v) is 2.05. The van der Waals surface area contributed by atoms with Crippen molar-refractivity contribution in [3.05, 3.63) is 37.0 Å². The van der Waals surface area contributed by atoms with E-state index in [1.807, 2.05) is 0 Å². The fraction of sp³-hybridized carbons (Fsp3) is 0.429. The van der Waals surface area contributed by atoms with Gasteiger partial charge in [-0.15, -0.1) is 6.58 Å². The molecule has 0 aliphatic rings. The predicted molar refractivity (Wildman–Crippen MR) is 71.0 cm³/mol. The lowest BCUT2D eigenvalue weighted by Gasteiger charge is -2.30. The van der Waals surface area contributed by atoms with Crippen LogP contribution in [-0.2, 0) is 23.8 Å². The second-order valence-electron chi connectivity index (χ2n) is 3.98. The van der Waals surface area contributed by atoms with Gasteiger partial charge in [-0.25, -0.2) is 9.59 Å². The Hall–Kier alpha value is -1.88. The third kappa shape index (κ3) is 5.52. The van der Waals surface area contributed by atoms with Gasteiger partial charge in [-0.1, -0.05) is 26.2 Å². The van der Waals surface area contributed by atoms with Crippen molar-refractivity contribution in [3.63, 3.8) is 0 Å². The average Bonchev–Trinajstić information content (AvgIpc) is 2.35. The van der Waals surface area contributed by atoms with Gasteiger partial charge >= 0.3 is 17.9 Å². The lowest BCUT2D eigenvalue weighted by Crippen LogP contribution is -2.42. The normalized spacial score (nSPS) is 10.5. The number of hydrogen-bond acceptors (Lipinski definition) is 5. The van der Waals surface area contributed by atoms with Crippen molar-refractivity contribution >= 4 is 11.9 Å². The summed E-state index contributed by atoms with van der Waals surface area (Å²) < 4.78 is 15.4. The van der Waals surface area contributed by atoms with Gasteiger partial charge in [-0.05, 0) is 13.8 Å². The molecule has 5 nitrogen and oxygen atoms in total. The molecular formula is C14H20O5. The van der Waals surface area contributed by atoms with Gasteiger partial charge in [0.2, 0.25) is 0 Å². The van der Waals surface area contributed by atoms with Crippen molar-refractivity contribution in [2.45, 2.75) is 33.2 Å². The standard InChI is InChI=1S/C14H20O5/c1-7-9-17-14(8-2,18-12(15)10(3)4)19-13(16)11(5)6/h7H,1,3,5,8-9H2,2,4,6H3. The van der Waals surface area contributed by atoms with Crippen molar-refractivity contribution in [2.75, 3.05) is 6.61 Å². The van der Waals surface area contributed by atoms with E-state index in [1.54, 1.807) is 6.92 Å². The van der Waals surface area contributed by atoms with Crippen molar-refractivity contribution < 1.29 is 23.8 Å². The van der Waals surface area contributed by atoms with Gasteiger partial charge in [-0.2, -0.15) is 0 Å². The number of rotatable bonds is 8. The molecule has 0 aliphatic heterocycles. The Morgan fingerprint density at radius 2 is 1.53 bits per heavy atom. The van der Waals surface area contributed by atoms with Crippen LogP contribution in [0.4, 0.5) is 0 Å². The second kappa shape index (κ2) is 7.53. The zero-order valence-corrected chi connectivity index (χ0v) is 11.7. The number of carbonyl (C=O) groups excluding carboxylic acids is 2. The Balaban J connectivity index is 5.11. The summed E-state index contributed by atoms with van der Waals surface area (Å²) in [4.78, 5) is 23.2. The molecule has 0 aliphatic carbocycles. The highest BCUT2D eigenvalue weighted by atomic mass is 16.9. The highest BCUT2D eigenvalue weighted by molar-refractivity contribution is 5.88. The van der Waals surface area contributed by atoms with Crippen molar-refractivity contribution in [2.24, 2.45) is 0 Å². The molecule has 0 unspecified atom stereocenters. The topological polar surface area (TPSA) is 61.8 Å². The third-order valence-electron chi connectivity index (χ3n) is 2.05. The highest BCUT2D eigenvalue weighted by Crippen LogP contribution is 2.23. The Labute approximate surface area is 113 Å². The first-order valence-corrected chi connectivity index (χ1v) is 5.80. The molecule has 0 rings (SSSR count). The van der Waals surface area contributed by atoms with Crippen LogP contribution in [0.25, 0.3) is 0 Å². The molecule has 106 valence electrons. The van der Waals surface area contributed by atoms with Crippen LogP contribution in [0.2, 0.25) is 0 Å². The van der Waals surface area contributed by atoms with Gasteiger partial charge in [0.05, 0.1) is 13.0 Å². The smallest absolute Gasteiger partial charge is 0.376 e. The maximum absolute atomic E-state index is 11.6. The molecule has 0 atom stereocenters. The van der Waals surface area contributed by atoms with Gasteiger partial charge in [0.1, 0.15) is 0 Å². The Bertz CT molecular complexity index is 367. The molecule has 0 aromatic heterocycles. The monoisotopic (exact) mass is 268 g/mol. The van der Waals surface area contributed by atoms with Crippen LogP contribution in [0.15, 0.2) is 37.0 Å². The van der Waals surface area contributed by atoms with E-state index in [4.69, 9.17) is 14.2 Å². The molecule has 0 saturated carbocycles. The molecule has 0 bridgehead atoms. The zero-order valence-electron chi connectivity index (χ0n) is 11.7. The number of hydrogen-bond donors (Lipinski definition) is 0.